The molecular weight excluding hydrogens is 421 g/mol. The summed E-state index contributed by atoms with van der Waals surface area (Å²) in [6, 6.07) is 1.97. The molecule has 2 fully saturated rings. The van der Waals surface area contributed by atoms with Gasteiger partial charge in [0.25, 0.3) is 0 Å². The predicted molar refractivity (Wildman–Crippen MR) is 114 cm³/mol. The highest BCUT2D eigenvalue weighted by Crippen LogP contribution is 2.38. The molecule has 0 amide bonds. The number of aromatic carboxylic acids is 1. The Labute approximate surface area is 182 Å². The first-order chi connectivity index (χ1) is 15.3. The van der Waals surface area contributed by atoms with Crippen molar-refractivity contribution in [3.05, 3.63) is 39.9 Å². The number of aromatic nitrogens is 1. The molecule has 2 heterocycles. The van der Waals surface area contributed by atoms with Crippen molar-refractivity contribution in [2.45, 2.75) is 44.2 Å². The summed E-state index contributed by atoms with van der Waals surface area (Å²) in [4.78, 5) is 49.4. The van der Waals surface area contributed by atoms with E-state index in [4.69, 9.17) is 5.11 Å². The van der Waals surface area contributed by atoms with E-state index < -0.39 is 34.8 Å². The number of hydrogen-bond acceptors (Lipinski definition) is 6. The van der Waals surface area contributed by atoms with E-state index in [-0.39, 0.29) is 42.2 Å². The summed E-state index contributed by atoms with van der Waals surface area (Å²) in [5, 5.41) is 21.3. The van der Waals surface area contributed by atoms with E-state index >= 15 is 4.39 Å². The van der Waals surface area contributed by atoms with Crippen LogP contribution in [0.3, 0.4) is 0 Å². The van der Waals surface area contributed by atoms with Crippen LogP contribution in [0.2, 0.25) is 0 Å². The van der Waals surface area contributed by atoms with Gasteiger partial charge in [0.2, 0.25) is 5.43 Å². The fourth-order valence-electron chi connectivity index (χ4n) is 4.25. The smallest absolute Gasteiger partial charge is 0.341 e. The van der Waals surface area contributed by atoms with Crippen LogP contribution in [-0.4, -0.2) is 58.2 Å². The van der Waals surface area contributed by atoms with Gasteiger partial charge in [0.15, 0.2) is 5.78 Å². The number of Topliss-reactive ketones (excluding diaryl/α,β-unsaturated/α-hetero) is 1. The van der Waals surface area contributed by atoms with Gasteiger partial charge >= 0.3 is 11.9 Å². The Morgan fingerprint density at radius 3 is 2.56 bits per heavy atom. The Hall–Kier alpha value is -3.27. The lowest BCUT2D eigenvalue weighted by Crippen LogP contribution is -2.55. The molecule has 1 aliphatic carbocycles. The van der Waals surface area contributed by atoms with Crippen LogP contribution in [0.25, 0.3) is 10.9 Å². The number of pyridine rings is 1. The lowest BCUT2D eigenvalue weighted by molar-refractivity contribution is -0.137. The molecule has 9 nitrogen and oxygen atoms in total. The number of aliphatic carboxylic acids is 1. The molecule has 1 aromatic heterocycles. The van der Waals surface area contributed by atoms with Crippen LogP contribution < -0.4 is 15.6 Å². The van der Waals surface area contributed by atoms with Gasteiger partial charge in [-0.05, 0) is 31.4 Å². The van der Waals surface area contributed by atoms with E-state index in [1.807, 2.05) is 0 Å². The third-order valence-electron chi connectivity index (χ3n) is 6.01. The number of carbonyl (C=O) groups excluding carboxylic acids is 1. The van der Waals surface area contributed by atoms with Crippen molar-refractivity contribution in [2.24, 2.45) is 0 Å². The summed E-state index contributed by atoms with van der Waals surface area (Å²) in [7, 11) is 0. The minimum atomic E-state index is -1.36. The molecule has 170 valence electrons. The average molecular weight is 445 g/mol. The summed E-state index contributed by atoms with van der Waals surface area (Å²) < 4.78 is 16.9. The van der Waals surface area contributed by atoms with Crippen LogP contribution in [-0.2, 0) is 9.59 Å². The molecule has 0 spiro atoms. The number of carboxylic acid groups (broad SMARTS) is 2. The molecule has 1 unspecified atom stereocenters. The van der Waals surface area contributed by atoms with Crippen LogP contribution >= 0.6 is 0 Å². The molecule has 1 aliphatic heterocycles. The van der Waals surface area contributed by atoms with E-state index in [1.165, 1.54) is 12.3 Å². The van der Waals surface area contributed by atoms with Crippen molar-refractivity contribution >= 4 is 34.3 Å². The maximum absolute atomic E-state index is 15.2. The van der Waals surface area contributed by atoms with Gasteiger partial charge in [-0.2, -0.15) is 0 Å². The van der Waals surface area contributed by atoms with Gasteiger partial charge in [-0.25, -0.2) is 9.18 Å². The summed E-state index contributed by atoms with van der Waals surface area (Å²) in [5.74, 6) is -3.22. The molecule has 1 saturated heterocycles. The zero-order valence-corrected chi connectivity index (χ0v) is 17.3. The molecule has 32 heavy (non-hydrogen) atoms. The standard InChI is InChI=1S/C22H24FN3O6/c23-15-8-13-16(26(12-4-5-12)11-14(21(13)30)22(31)32)9-17(15)25-7-6-24-10-18(25)19(27)2-1-3-20(28)29/h8-9,11-12,18,24H,1-7,10H2,(H,28,29)(H,31,32). The van der Waals surface area contributed by atoms with Gasteiger partial charge in [-0.15, -0.1) is 0 Å². The number of anilines is 1. The topological polar surface area (TPSA) is 129 Å². The van der Waals surface area contributed by atoms with Gasteiger partial charge in [0.05, 0.1) is 11.2 Å². The molecule has 0 bridgehead atoms. The number of benzene rings is 1. The van der Waals surface area contributed by atoms with E-state index in [1.54, 1.807) is 9.47 Å². The van der Waals surface area contributed by atoms with Crippen molar-refractivity contribution in [3.8, 4) is 0 Å². The zero-order chi connectivity index (χ0) is 23.0. The molecule has 2 aliphatic rings. The normalized spacial score (nSPS) is 18.7. The highest BCUT2D eigenvalue weighted by Gasteiger charge is 2.32. The largest absolute Gasteiger partial charge is 0.481 e. The Morgan fingerprint density at radius 1 is 1.16 bits per heavy atom. The van der Waals surface area contributed by atoms with Crippen molar-refractivity contribution in [3.63, 3.8) is 0 Å². The van der Waals surface area contributed by atoms with Crippen molar-refractivity contribution in [2.75, 3.05) is 24.5 Å². The third-order valence-corrected chi connectivity index (χ3v) is 6.01. The molecule has 10 heteroatoms. The van der Waals surface area contributed by atoms with Crippen LogP contribution in [0.5, 0.6) is 0 Å². The molecular formula is C22H24FN3O6. The zero-order valence-electron chi connectivity index (χ0n) is 17.3. The molecule has 3 N–H and O–H groups in total. The average Bonchev–Trinajstić information content (AvgIpc) is 3.58. The minimum absolute atomic E-state index is 0.00230. The quantitative estimate of drug-likeness (QED) is 0.561. The maximum atomic E-state index is 15.2. The second kappa shape index (κ2) is 8.70. The van der Waals surface area contributed by atoms with Crippen molar-refractivity contribution in [1.29, 1.82) is 0 Å². The Kier molecular flexibility index (Phi) is 5.96. The maximum Gasteiger partial charge on any atom is 0.341 e. The van der Waals surface area contributed by atoms with Gasteiger partial charge in [-0.3, -0.25) is 14.4 Å². The number of rotatable bonds is 8. The first-order valence-electron chi connectivity index (χ1n) is 10.6. The van der Waals surface area contributed by atoms with Crippen LogP contribution in [0.15, 0.2) is 23.1 Å². The Morgan fingerprint density at radius 2 is 1.91 bits per heavy atom. The number of carbonyl (C=O) groups is 3. The van der Waals surface area contributed by atoms with Crippen LogP contribution in [0, 0.1) is 5.82 Å². The second-order valence-corrected chi connectivity index (χ2v) is 8.26. The summed E-state index contributed by atoms with van der Waals surface area (Å²) in [6.45, 7) is 1.19. The van der Waals surface area contributed by atoms with Gasteiger partial charge < -0.3 is 25.0 Å². The highest BCUT2D eigenvalue weighted by atomic mass is 19.1. The minimum Gasteiger partial charge on any atom is -0.481 e. The molecule has 0 radical (unpaired) electrons. The number of ketones is 1. The van der Waals surface area contributed by atoms with E-state index in [9.17, 15) is 24.3 Å². The lowest BCUT2D eigenvalue weighted by atomic mass is 10.0. The Balaban J connectivity index is 1.75. The number of hydrogen-bond donors (Lipinski definition) is 3. The van der Waals surface area contributed by atoms with E-state index in [0.29, 0.717) is 25.2 Å². The van der Waals surface area contributed by atoms with Crippen molar-refractivity contribution in [1.82, 2.24) is 9.88 Å². The number of fused-ring (bicyclic) bond motifs is 1. The van der Waals surface area contributed by atoms with Gasteiger partial charge in [0, 0.05) is 50.1 Å². The molecule has 1 atom stereocenters. The van der Waals surface area contributed by atoms with Crippen LogP contribution in [0.1, 0.15) is 48.5 Å². The number of piperazine rings is 1. The molecule has 4 rings (SSSR count). The third kappa shape index (κ3) is 4.22. The fourth-order valence-corrected chi connectivity index (χ4v) is 4.25. The number of nitrogens with one attached hydrogen (secondary N) is 1. The highest BCUT2D eigenvalue weighted by molar-refractivity contribution is 5.94. The van der Waals surface area contributed by atoms with Gasteiger partial charge in [-0.1, -0.05) is 0 Å². The van der Waals surface area contributed by atoms with Crippen LogP contribution in [0.4, 0.5) is 10.1 Å². The molecule has 1 saturated carbocycles. The fraction of sp³-hybridized carbons (Fsp3) is 0.455. The Bertz CT molecular complexity index is 1160. The number of halogens is 1. The van der Waals surface area contributed by atoms with Crippen molar-refractivity contribution < 1.29 is 29.0 Å². The van der Waals surface area contributed by atoms with E-state index in [2.05, 4.69) is 5.32 Å². The first-order valence-corrected chi connectivity index (χ1v) is 10.6. The van der Waals surface area contributed by atoms with E-state index in [0.717, 1.165) is 18.9 Å². The first kappa shape index (κ1) is 21.9. The molecule has 2 aromatic rings. The second-order valence-electron chi connectivity index (χ2n) is 8.26. The molecule has 1 aromatic carbocycles. The lowest BCUT2D eigenvalue weighted by Gasteiger charge is -2.37. The predicted octanol–water partition coefficient (Wildman–Crippen LogP) is 1.78. The number of nitrogens with zero attached hydrogens (tertiary/aromatic N) is 2. The SMILES string of the molecule is O=C(O)CCCC(=O)C1CNCCN1c1cc2c(cc1F)c(=O)c(C(=O)O)cn2C1CC1. The monoisotopic (exact) mass is 445 g/mol. The summed E-state index contributed by atoms with van der Waals surface area (Å²) >= 11 is 0. The summed E-state index contributed by atoms with van der Waals surface area (Å²) in [6.07, 6.45) is 3.15. The van der Waals surface area contributed by atoms with Gasteiger partial charge in [0.1, 0.15) is 17.4 Å². The number of carboxylic acids is 2. The summed E-state index contributed by atoms with van der Waals surface area (Å²) in [5.41, 5.74) is -0.524.